The molecule has 1 N–H and O–H groups in total. The van der Waals surface area contributed by atoms with Crippen molar-refractivity contribution in [3.8, 4) is 0 Å². The zero-order valence-electron chi connectivity index (χ0n) is 9.39. The van der Waals surface area contributed by atoms with Crippen LogP contribution in [0.2, 0.25) is 0 Å². The highest BCUT2D eigenvalue weighted by atomic mass is 16.6. The van der Waals surface area contributed by atoms with Crippen LogP contribution in [0.3, 0.4) is 0 Å². The maximum absolute atomic E-state index is 11.0. The third-order valence-electron chi connectivity index (χ3n) is 2.94. The first-order valence-electron chi connectivity index (χ1n) is 5.38. The molecule has 0 amide bonds. The zero-order chi connectivity index (χ0) is 13.2. The van der Waals surface area contributed by atoms with Crippen molar-refractivity contribution in [3.05, 3.63) is 70.3 Å². The fourth-order valence-electron chi connectivity index (χ4n) is 1.86. The molecule has 0 aromatic heterocycles. The van der Waals surface area contributed by atoms with Gasteiger partial charge in [-0.15, -0.1) is 0 Å². The first kappa shape index (κ1) is 12.0. The number of carboxylic acid groups (broad SMARTS) is 1. The summed E-state index contributed by atoms with van der Waals surface area (Å²) >= 11 is 0. The van der Waals surface area contributed by atoms with Gasteiger partial charge in [0.15, 0.2) is 0 Å². The second-order valence-electron chi connectivity index (χ2n) is 4.04. The van der Waals surface area contributed by atoms with Crippen molar-refractivity contribution >= 4 is 5.97 Å². The van der Waals surface area contributed by atoms with Crippen molar-refractivity contribution in [2.24, 2.45) is 0 Å². The van der Waals surface area contributed by atoms with Gasteiger partial charge in [-0.3, -0.25) is 10.1 Å². The molecule has 0 aliphatic heterocycles. The molecule has 0 saturated heterocycles. The first-order chi connectivity index (χ1) is 8.56. The maximum atomic E-state index is 11.0. The lowest BCUT2D eigenvalue weighted by Gasteiger charge is -2.19. The van der Waals surface area contributed by atoms with Gasteiger partial charge in [-0.25, -0.2) is 4.79 Å². The van der Waals surface area contributed by atoms with Crippen LogP contribution in [0, 0.1) is 10.1 Å². The lowest BCUT2D eigenvalue weighted by Crippen LogP contribution is -2.43. The van der Waals surface area contributed by atoms with Crippen LogP contribution in [0.5, 0.6) is 0 Å². The van der Waals surface area contributed by atoms with Gasteiger partial charge in [-0.05, 0) is 5.56 Å². The van der Waals surface area contributed by atoms with Crippen molar-refractivity contribution in [3.63, 3.8) is 0 Å². The SMILES string of the molecule is O=C(O)C1([N+](=O)[O-])C=CC(c2ccccc2)C=C1. The van der Waals surface area contributed by atoms with Crippen molar-refractivity contribution in [1.29, 1.82) is 0 Å². The van der Waals surface area contributed by atoms with E-state index in [1.807, 2.05) is 30.3 Å². The standard InChI is InChI=1S/C13H11NO4/c15-12(16)13(14(17)18)8-6-11(7-9-13)10-4-2-1-3-5-10/h1-9,11H,(H,15,16). The average Bonchev–Trinajstić information content (AvgIpc) is 2.39. The summed E-state index contributed by atoms with van der Waals surface area (Å²) in [6.07, 6.45) is 5.36. The molecule has 0 heterocycles. The zero-order valence-corrected chi connectivity index (χ0v) is 9.39. The van der Waals surface area contributed by atoms with Crippen LogP contribution in [-0.2, 0) is 4.79 Å². The van der Waals surface area contributed by atoms with Gasteiger partial charge in [0.25, 0.3) is 0 Å². The summed E-state index contributed by atoms with van der Waals surface area (Å²) in [5, 5.41) is 19.9. The molecule has 0 saturated carbocycles. The Bertz CT molecular complexity index is 503. The van der Waals surface area contributed by atoms with E-state index in [0.717, 1.165) is 17.7 Å². The van der Waals surface area contributed by atoms with Gasteiger partial charge in [-0.2, -0.15) is 0 Å². The number of carboxylic acids is 1. The molecule has 1 aromatic carbocycles. The summed E-state index contributed by atoms with van der Waals surface area (Å²) in [6, 6.07) is 9.38. The Morgan fingerprint density at radius 1 is 1.22 bits per heavy atom. The van der Waals surface area contributed by atoms with Crippen LogP contribution in [0.4, 0.5) is 0 Å². The van der Waals surface area contributed by atoms with Crippen molar-refractivity contribution in [1.82, 2.24) is 0 Å². The summed E-state index contributed by atoms with van der Waals surface area (Å²) < 4.78 is 0. The molecule has 0 atom stereocenters. The summed E-state index contributed by atoms with van der Waals surface area (Å²) in [4.78, 5) is 21.1. The Kier molecular flexibility index (Phi) is 2.97. The maximum Gasteiger partial charge on any atom is 0.391 e. The highest BCUT2D eigenvalue weighted by Gasteiger charge is 2.47. The van der Waals surface area contributed by atoms with Crippen LogP contribution < -0.4 is 0 Å². The fraction of sp³-hybridized carbons (Fsp3) is 0.154. The molecule has 0 spiro atoms. The third-order valence-corrected chi connectivity index (χ3v) is 2.94. The molecule has 5 heteroatoms. The smallest absolute Gasteiger partial charge is 0.391 e. The van der Waals surface area contributed by atoms with Gasteiger partial charge in [0.2, 0.25) is 0 Å². The van der Waals surface area contributed by atoms with Crippen LogP contribution in [0.25, 0.3) is 0 Å². The summed E-state index contributed by atoms with van der Waals surface area (Å²) in [6.45, 7) is 0. The minimum Gasteiger partial charge on any atom is -0.475 e. The number of hydrogen-bond donors (Lipinski definition) is 1. The molecule has 0 fully saturated rings. The molecule has 1 aromatic rings. The first-order valence-corrected chi connectivity index (χ1v) is 5.38. The van der Waals surface area contributed by atoms with Gasteiger partial charge in [-0.1, -0.05) is 42.5 Å². The summed E-state index contributed by atoms with van der Waals surface area (Å²) in [5.74, 6) is -1.61. The van der Waals surface area contributed by atoms with Crippen molar-refractivity contribution in [2.75, 3.05) is 0 Å². The second-order valence-corrected chi connectivity index (χ2v) is 4.04. The van der Waals surface area contributed by atoms with Crippen molar-refractivity contribution in [2.45, 2.75) is 11.5 Å². The van der Waals surface area contributed by atoms with E-state index in [9.17, 15) is 14.9 Å². The highest BCUT2D eigenvalue weighted by Crippen LogP contribution is 2.28. The molecule has 5 nitrogen and oxygen atoms in total. The lowest BCUT2D eigenvalue weighted by atomic mass is 9.87. The predicted octanol–water partition coefficient (Wildman–Crippen LogP) is 2.00. The number of aliphatic carboxylic acids is 1. The molecule has 92 valence electrons. The number of hydrogen-bond acceptors (Lipinski definition) is 3. The van der Waals surface area contributed by atoms with E-state index in [1.165, 1.54) is 0 Å². The molecule has 1 aliphatic carbocycles. The number of allylic oxidation sites excluding steroid dienone is 2. The topological polar surface area (TPSA) is 80.4 Å². The lowest BCUT2D eigenvalue weighted by molar-refractivity contribution is -0.527. The Hall–Kier alpha value is -2.43. The van der Waals surface area contributed by atoms with E-state index in [-0.39, 0.29) is 5.92 Å². The number of nitro groups is 1. The Labute approximate surface area is 103 Å². The van der Waals surface area contributed by atoms with Crippen LogP contribution in [0.15, 0.2) is 54.6 Å². The normalized spacial score (nSPS) is 25.9. The minimum atomic E-state index is -2.13. The largest absolute Gasteiger partial charge is 0.475 e. The van der Waals surface area contributed by atoms with E-state index in [1.54, 1.807) is 12.2 Å². The van der Waals surface area contributed by atoms with Crippen LogP contribution in [0.1, 0.15) is 11.5 Å². The molecular weight excluding hydrogens is 234 g/mol. The third kappa shape index (κ3) is 1.90. The van der Waals surface area contributed by atoms with E-state index in [2.05, 4.69) is 0 Å². The average molecular weight is 245 g/mol. The summed E-state index contributed by atoms with van der Waals surface area (Å²) in [7, 11) is 0. The van der Waals surface area contributed by atoms with Crippen LogP contribution in [-0.4, -0.2) is 21.5 Å². The molecular formula is C13H11NO4. The van der Waals surface area contributed by atoms with Gasteiger partial charge < -0.3 is 5.11 Å². The predicted molar refractivity (Wildman–Crippen MR) is 64.8 cm³/mol. The number of rotatable bonds is 3. The fourth-order valence-corrected chi connectivity index (χ4v) is 1.86. The van der Waals surface area contributed by atoms with E-state index < -0.39 is 16.4 Å². The Morgan fingerprint density at radius 3 is 2.22 bits per heavy atom. The number of nitrogens with zero attached hydrogens (tertiary/aromatic N) is 1. The second kappa shape index (κ2) is 4.44. The molecule has 2 rings (SSSR count). The molecule has 0 bridgehead atoms. The Balaban J connectivity index is 2.31. The number of carbonyl (C=O) groups is 1. The quantitative estimate of drug-likeness (QED) is 0.501. The monoisotopic (exact) mass is 245 g/mol. The summed E-state index contributed by atoms with van der Waals surface area (Å²) in [5.41, 5.74) is -1.17. The Morgan fingerprint density at radius 2 is 1.78 bits per heavy atom. The van der Waals surface area contributed by atoms with Gasteiger partial charge >= 0.3 is 11.5 Å². The molecule has 1 aliphatic rings. The minimum absolute atomic E-state index is 0.126. The molecule has 0 radical (unpaired) electrons. The van der Waals surface area contributed by atoms with Gasteiger partial charge in [0.05, 0.1) is 0 Å². The van der Waals surface area contributed by atoms with E-state index in [0.29, 0.717) is 0 Å². The van der Waals surface area contributed by atoms with Gasteiger partial charge in [0.1, 0.15) is 0 Å². The van der Waals surface area contributed by atoms with E-state index in [4.69, 9.17) is 5.11 Å². The molecule has 18 heavy (non-hydrogen) atoms. The molecule has 0 unspecified atom stereocenters. The van der Waals surface area contributed by atoms with Crippen molar-refractivity contribution < 1.29 is 14.8 Å². The number of benzene rings is 1. The van der Waals surface area contributed by atoms with E-state index >= 15 is 0 Å². The van der Waals surface area contributed by atoms with Crippen LogP contribution >= 0.6 is 0 Å². The van der Waals surface area contributed by atoms with Gasteiger partial charge in [0, 0.05) is 23.0 Å². The highest BCUT2D eigenvalue weighted by molar-refractivity contribution is 5.83.